The van der Waals surface area contributed by atoms with E-state index in [1.54, 1.807) is 0 Å². The second-order valence-electron chi connectivity index (χ2n) is 4.52. The van der Waals surface area contributed by atoms with Gasteiger partial charge in [0.15, 0.2) is 0 Å². The van der Waals surface area contributed by atoms with Crippen molar-refractivity contribution in [1.82, 2.24) is 16.0 Å². The van der Waals surface area contributed by atoms with E-state index in [9.17, 15) is 9.59 Å². The molecule has 1 fully saturated rings. The molecule has 0 aliphatic carbocycles. The van der Waals surface area contributed by atoms with Crippen LogP contribution in [0.2, 0.25) is 0 Å². The van der Waals surface area contributed by atoms with Gasteiger partial charge >= 0.3 is 0 Å². The standard InChI is InChI=1S/C11H21N3O2/c1-3-5-13-9(15)7-14-10(16)11(2)4-6-12-8-11/h12H,3-8H2,1-2H3,(H,13,15)(H,14,16). The normalized spacial score (nSPS) is 24.1. The molecule has 1 aliphatic rings. The van der Waals surface area contributed by atoms with Crippen LogP contribution in [0.3, 0.4) is 0 Å². The molecule has 3 N–H and O–H groups in total. The zero-order chi connectivity index (χ0) is 12.0. The van der Waals surface area contributed by atoms with Crippen molar-refractivity contribution in [2.45, 2.75) is 26.7 Å². The average molecular weight is 227 g/mol. The number of carbonyl (C=O) groups excluding carboxylic acids is 2. The van der Waals surface area contributed by atoms with Gasteiger partial charge < -0.3 is 16.0 Å². The first-order valence-electron chi connectivity index (χ1n) is 5.84. The SMILES string of the molecule is CCCNC(=O)CNC(=O)C1(C)CCNC1. The summed E-state index contributed by atoms with van der Waals surface area (Å²) in [4.78, 5) is 23.1. The van der Waals surface area contributed by atoms with Gasteiger partial charge in [-0.3, -0.25) is 9.59 Å². The first-order chi connectivity index (χ1) is 7.58. The fraction of sp³-hybridized carbons (Fsp3) is 0.818. The van der Waals surface area contributed by atoms with Crippen LogP contribution in [0.1, 0.15) is 26.7 Å². The van der Waals surface area contributed by atoms with Gasteiger partial charge in [0.25, 0.3) is 0 Å². The number of hydrogen-bond acceptors (Lipinski definition) is 3. The minimum atomic E-state index is -0.356. The molecule has 0 spiro atoms. The molecule has 0 bridgehead atoms. The fourth-order valence-corrected chi connectivity index (χ4v) is 1.71. The Hall–Kier alpha value is -1.10. The molecule has 1 aliphatic heterocycles. The van der Waals surface area contributed by atoms with Crippen LogP contribution in [0.25, 0.3) is 0 Å². The molecule has 5 heteroatoms. The van der Waals surface area contributed by atoms with Crippen molar-refractivity contribution in [1.29, 1.82) is 0 Å². The monoisotopic (exact) mass is 227 g/mol. The summed E-state index contributed by atoms with van der Waals surface area (Å²) in [5.74, 6) is -0.158. The molecule has 92 valence electrons. The second kappa shape index (κ2) is 5.84. The van der Waals surface area contributed by atoms with Gasteiger partial charge in [-0.2, -0.15) is 0 Å². The van der Waals surface area contributed by atoms with E-state index in [-0.39, 0.29) is 23.8 Å². The van der Waals surface area contributed by atoms with E-state index in [1.807, 2.05) is 13.8 Å². The van der Waals surface area contributed by atoms with Crippen LogP contribution in [0.4, 0.5) is 0 Å². The smallest absolute Gasteiger partial charge is 0.239 e. The minimum Gasteiger partial charge on any atom is -0.355 e. The summed E-state index contributed by atoms with van der Waals surface area (Å²) in [6, 6.07) is 0. The molecule has 1 rings (SSSR count). The molecule has 0 aromatic heterocycles. The predicted octanol–water partition coefficient (Wildman–Crippen LogP) is -0.372. The Bertz CT molecular complexity index is 260. The first-order valence-corrected chi connectivity index (χ1v) is 5.84. The molecule has 1 saturated heterocycles. The van der Waals surface area contributed by atoms with Crippen molar-refractivity contribution in [3.05, 3.63) is 0 Å². The highest BCUT2D eigenvalue weighted by atomic mass is 16.2. The van der Waals surface area contributed by atoms with Crippen molar-refractivity contribution in [2.75, 3.05) is 26.2 Å². The lowest BCUT2D eigenvalue weighted by Gasteiger charge is -2.21. The van der Waals surface area contributed by atoms with Crippen molar-refractivity contribution in [3.8, 4) is 0 Å². The van der Waals surface area contributed by atoms with Gasteiger partial charge in [-0.15, -0.1) is 0 Å². The van der Waals surface area contributed by atoms with E-state index in [0.717, 1.165) is 19.4 Å². The Morgan fingerprint density at radius 3 is 2.69 bits per heavy atom. The van der Waals surface area contributed by atoms with Crippen LogP contribution in [-0.2, 0) is 9.59 Å². The molecule has 0 aromatic rings. The molecule has 1 unspecified atom stereocenters. The minimum absolute atomic E-state index is 0.0378. The van der Waals surface area contributed by atoms with Gasteiger partial charge in [0, 0.05) is 13.1 Å². The topological polar surface area (TPSA) is 70.2 Å². The number of carbonyl (C=O) groups is 2. The van der Waals surface area contributed by atoms with Gasteiger partial charge in [0.2, 0.25) is 11.8 Å². The lowest BCUT2D eigenvalue weighted by molar-refractivity contribution is -0.131. The number of nitrogens with one attached hydrogen (secondary N) is 3. The maximum atomic E-state index is 11.8. The molecule has 0 saturated carbocycles. The number of hydrogen-bond donors (Lipinski definition) is 3. The van der Waals surface area contributed by atoms with Crippen LogP contribution < -0.4 is 16.0 Å². The van der Waals surface area contributed by atoms with Crippen LogP contribution in [0.5, 0.6) is 0 Å². The van der Waals surface area contributed by atoms with Crippen molar-refractivity contribution >= 4 is 11.8 Å². The molecular weight excluding hydrogens is 206 g/mol. The summed E-state index contributed by atoms with van der Waals surface area (Å²) in [5.41, 5.74) is -0.356. The molecule has 1 atom stereocenters. The molecular formula is C11H21N3O2. The van der Waals surface area contributed by atoms with Crippen molar-refractivity contribution in [2.24, 2.45) is 5.41 Å². The quantitative estimate of drug-likeness (QED) is 0.600. The van der Waals surface area contributed by atoms with Gasteiger partial charge in [-0.05, 0) is 26.3 Å². The Labute approximate surface area is 96.4 Å². The second-order valence-corrected chi connectivity index (χ2v) is 4.52. The van der Waals surface area contributed by atoms with E-state index >= 15 is 0 Å². The highest BCUT2D eigenvalue weighted by Crippen LogP contribution is 2.24. The summed E-state index contributed by atoms with van der Waals surface area (Å²) < 4.78 is 0. The average Bonchev–Trinajstić information content (AvgIpc) is 2.71. The molecule has 1 heterocycles. The molecule has 0 aromatic carbocycles. The summed E-state index contributed by atoms with van der Waals surface area (Å²) in [7, 11) is 0. The van der Waals surface area contributed by atoms with Gasteiger partial charge in [-0.1, -0.05) is 6.92 Å². The molecule has 0 radical (unpaired) electrons. The summed E-state index contributed by atoms with van der Waals surface area (Å²) >= 11 is 0. The number of rotatable bonds is 5. The zero-order valence-corrected chi connectivity index (χ0v) is 10.1. The Morgan fingerprint density at radius 2 is 2.12 bits per heavy atom. The third kappa shape index (κ3) is 3.48. The van der Waals surface area contributed by atoms with Crippen LogP contribution >= 0.6 is 0 Å². The Morgan fingerprint density at radius 1 is 1.38 bits per heavy atom. The van der Waals surface area contributed by atoms with Crippen molar-refractivity contribution < 1.29 is 9.59 Å². The summed E-state index contributed by atoms with van der Waals surface area (Å²) in [5, 5.41) is 8.56. The zero-order valence-electron chi connectivity index (χ0n) is 10.1. The van der Waals surface area contributed by atoms with E-state index in [1.165, 1.54) is 0 Å². The maximum absolute atomic E-state index is 11.8. The molecule has 16 heavy (non-hydrogen) atoms. The Balaban J connectivity index is 2.26. The predicted molar refractivity (Wildman–Crippen MR) is 61.9 cm³/mol. The summed E-state index contributed by atoms with van der Waals surface area (Å²) in [6.45, 7) is 6.21. The van der Waals surface area contributed by atoms with E-state index in [4.69, 9.17) is 0 Å². The maximum Gasteiger partial charge on any atom is 0.239 e. The van der Waals surface area contributed by atoms with E-state index in [2.05, 4.69) is 16.0 Å². The first kappa shape index (κ1) is 13.0. The van der Waals surface area contributed by atoms with Crippen LogP contribution in [0, 0.1) is 5.41 Å². The third-order valence-corrected chi connectivity index (χ3v) is 2.90. The molecule has 2 amide bonds. The third-order valence-electron chi connectivity index (χ3n) is 2.90. The number of amides is 2. The fourth-order valence-electron chi connectivity index (χ4n) is 1.71. The van der Waals surface area contributed by atoms with Crippen LogP contribution in [0.15, 0.2) is 0 Å². The van der Waals surface area contributed by atoms with Gasteiger partial charge in [0.1, 0.15) is 0 Å². The van der Waals surface area contributed by atoms with Gasteiger partial charge in [-0.25, -0.2) is 0 Å². The largest absolute Gasteiger partial charge is 0.355 e. The highest BCUT2D eigenvalue weighted by Gasteiger charge is 2.36. The highest BCUT2D eigenvalue weighted by molar-refractivity contribution is 5.88. The van der Waals surface area contributed by atoms with E-state index < -0.39 is 0 Å². The lowest BCUT2D eigenvalue weighted by atomic mass is 9.89. The van der Waals surface area contributed by atoms with Crippen LogP contribution in [-0.4, -0.2) is 38.0 Å². The molecule has 5 nitrogen and oxygen atoms in total. The summed E-state index contributed by atoms with van der Waals surface area (Å²) in [6.07, 6.45) is 1.73. The Kier molecular flexibility index (Phi) is 4.73. The van der Waals surface area contributed by atoms with Gasteiger partial charge in [0.05, 0.1) is 12.0 Å². The lowest BCUT2D eigenvalue weighted by Crippen LogP contribution is -2.44. The van der Waals surface area contributed by atoms with Crippen molar-refractivity contribution in [3.63, 3.8) is 0 Å². The van der Waals surface area contributed by atoms with E-state index in [0.29, 0.717) is 13.1 Å².